The van der Waals surface area contributed by atoms with E-state index in [1.165, 1.54) is 20.8 Å². The van der Waals surface area contributed by atoms with E-state index in [-0.39, 0.29) is 25.0 Å². The molecule has 1 aromatic rings. The van der Waals surface area contributed by atoms with Gasteiger partial charge in [-0.15, -0.1) is 0 Å². The number of aldehydes is 1. The van der Waals surface area contributed by atoms with Gasteiger partial charge in [-0.05, 0) is 42.5 Å². The lowest BCUT2D eigenvalue weighted by atomic mass is 9.49. The van der Waals surface area contributed by atoms with Gasteiger partial charge in [0.1, 0.15) is 36.3 Å². The van der Waals surface area contributed by atoms with Crippen LogP contribution in [0.15, 0.2) is 41.5 Å². The highest BCUT2D eigenvalue weighted by atomic mass is 16.6. The molecule has 238 valence electrons. The summed E-state index contributed by atoms with van der Waals surface area (Å²) in [5.41, 5.74) is -5.45. The van der Waals surface area contributed by atoms with Gasteiger partial charge in [0.15, 0.2) is 5.60 Å². The zero-order valence-electron chi connectivity index (χ0n) is 26.1. The van der Waals surface area contributed by atoms with Crippen LogP contribution in [0, 0.1) is 22.7 Å². The molecule has 44 heavy (non-hydrogen) atoms. The first kappa shape index (κ1) is 31.8. The molecular weight excluding hydrogens is 572 g/mol. The zero-order valence-corrected chi connectivity index (χ0v) is 26.1. The second-order valence-corrected chi connectivity index (χ2v) is 13.2. The van der Waals surface area contributed by atoms with Crippen LogP contribution in [0.5, 0.6) is 0 Å². The van der Waals surface area contributed by atoms with Crippen molar-refractivity contribution in [2.24, 2.45) is 22.7 Å². The summed E-state index contributed by atoms with van der Waals surface area (Å²) in [6.45, 7) is 10.5. The molecule has 2 bridgehead atoms. The van der Waals surface area contributed by atoms with Crippen molar-refractivity contribution in [1.29, 1.82) is 0 Å². The van der Waals surface area contributed by atoms with Crippen LogP contribution in [0.1, 0.15) is 71.7 Å². The molecule has 1 saturated heterocycles. The molecule has 2 saturated carbocycles. The van der Waals surface area contributed by atoms with Crippen LogP contribution >= 0.6 is 0 Å². The maximum atomic E-state index is 13.9. The Labute approximate surface area is 256 Å². The predicted octanol–water partition coefficient (Wildman–Crippen LogP) is 3.11. The van der Waals surface area contributed by atoms with Gasteiger partial charge in [-0.3, -0.25) is 14.4 Å². The molecule has 1 aromatic carbocycles. The van der Waals surface area contributed by atoms with E-state index in [0.717, 1.165) is 0 Å². The molecule has 0 amide bonds. The third-order valence-electron chi connectivity index (χ3n) is 10.6. The number of aliphatic hydroxyl groups is 1. The number of carbonyl (C=O) groups is 5. The predicted molar refractivity (Wildman–Crippen MR) is 153 cm³/mol. The monoisotopic (exact) mass is 612 g/mol. The smallest absolute Gasteiger partial charge is 0.338 e. The summed E-state index contributed by atoms with van der Waals surface area (Å²) < 4.78 is 30.1. The van der Waals surface area contributed by atoms with Crippen molar-refractivity contribution in [3.63, 3.8) is 0 Å². The minimum Gasteiger partial charge on any atom is -0.458 e. The molecule has 9 atom stereocenters. The van der Waals surface area contributed by atoms with E-state index < -0.39 is 82.2 Å². The maximum absolute atomic E-state index is 13.9. The van der Waals surface area contributed by atoms with E-state index in [2.05, 4.69) is 0 Å². The second-order valence-electron chi connectivity index (χ2n) is 13.2. The molecule has 0 aromatic heterocycles. The van der Waals surface area contributed by atoms with Gasteiger partial charge in [0.2, 0.25) is 0 Å². The number of carbonyl (C=O) groups excluding carboxylic acids is 5. The van der Waals surface area contributed by atoms with Gasteiger partial charge in [-0.2, -0.15) is 0 Å². The van der Waals surface area contributed by atoms with Gasteiger partial charge in [0.05, 0.1) is 23.5 Å². The summed E-state index contributed by atoms with van der Waals surface area (Å²) >= 11 is 0. The zero-order chi connectivity index (χ0) is 32.4. The van der Waals surface area contributed by atoms with Crippen molar-refractivity contribution in [3.05, 3.63) is 47.0 Å². The fourth-order valence-corrected chi connectivity index (χ4v) is 8.50. The van der Waals surface area contributed by atoms with Crippen LogP contribution in [0.4, 0.5) is 0 Å². The standard InChI is InChI=1S/C33H40O11/c1-17-13-24-32(16-40-24,44-21(5)37)26-28(43-29(38)22-11-9-8-10-12-22)33(39)14-23(41-19(3)35)18(2)25(30(33,6)7)27(42-20(4)36)31(17,26)15-34/h8-12,15,17,23-24,26-28,39H,13-14,16H2,1-7H3/t17-,23-,24+,26-,27+,28-,31+,32-,33+/m0/s1. The van der Waals surface area contributed by atoms with Crippen molar-refractivity contribution in [2.45, 2.75) is 96.9 Å². The summed E-state index contributed by atoms with van der Waals surface area (Å²) in [4.78, 5) is 65.6. The van der Waals surface area contributed by atoms with Crippen molar-refractivity contribution >= 4 is 30.2 Å². The lowest BCUT2D eigenvalue weighted by Crippen LogP contribution is -2.78. The first-order valence-corrected chi connectivity index (χ1v) is 14.9. The van der Waals surface area contributed by atoms with Gasteiger partial charge in [0, 0.05) is 32.6 Å². The van der Waals surface area contributed by atoms with Crippen molar-refractivity contribution in [1.82, 2.24) is 0 Å². The summed E-state index contributed by atoms with van der Waals surface area (Å²) in [6, 6.07) is 8.17. The van der Waals surface area contributed by atoms with Crippen LogP contribution in [0.2, 0.25) is 0 Å². The van der Waals surface area contributed by atoms with E-state index in [0.29, 0.717) is 17.4 Å². The number of benzene rings is 1. The van der Waals surface area contributed by atoms with Gasteiger partial charge in [0.25, 0.3) is 0 Å². The number of rotatable bonds is 6. The summed E-state index contributed by atoms with van der Waals surface area (Å²) in [5.74, 6) is -4.55. The average molecular weight is 613 g/mol. The fourth-order valence-electron chi connectivity index (χ4n) is 8.50. The molecule has 0 unspecified atom stereocenters. The lowest BCUT2D eigenvalue weighted by Gasteiger charge is -2.64. The Morgan fingerprint density at radius 1 is 0.977 bits per heavy atom. The maximum Gasteiger partial charge on any atom is 0.338 e. The minimum atomic E-state index is -2.02. The Bertz CT molecular complexity index is 1420. The lowest BCUT2D eigenvalue weighted by molar-refractivity contribution is -0.338. The third kappa shape index (κ3) is 4.42. The van der Waals surface area contributed by atoms with E-state index in [1.807, 2.05) is 0 Å². The quantitative estimate of drug-likeness (QED) is 0.218. The summed E-state index contributed by atoms with van der Waals surface area (Å²) in [7, 11) is 0. The van der Waals surface area contributed by atoms with Crippen LogP contribution in [-0.4, -0.2) is 77.5 Å². The van der Waals surface area contributed by atoms with Crippen LogP contribution in [-0.2, 0) is 42.9 Å². The molecule has 3 fully saturated rings. The highest BCUT2D eigenvalue weighted by Crippen LogP contribution is 2.68. The summed E-state index contributed by atoms with van der Waals surface area (Å²) in [5, 5.41) is 13.1. The Balaban J connectivity index is 1.89. The molecule has 1 heterocycles. The first-order chi connectivity index (χ1) is 20.6. The number of ether oxygens (including phenoxy) is 5. The Morgan fingerprint density at radius 3 is 2.14 bits per heavy atom. The number of fused-ring (bicyclic) bond motifs is 5. The molecule has 11 heteroatoms. The molecule has 1 N–H and O–H groups in total. The number of hydrogen-bond acceptors (Lipinski definition) is 11. The third-order valence-corrected chi connectivity index (χ3v) is 10.6. The molecule has 0 radical (unpaired) electrons. The Hall–Kier alpha value is -3.57. The van der Waals surface area contributed by atoms with Crippen LogP contribution < -0.4 is 0 Å². The van der Waals surface area contributed by atoms with E-state index in [9.17, 15) is 29.1 Å². The number of esters is 4. The highest BCUT2D eigenvalue weighted by Gasteiger charge is 2.80. The van der Waals surface area contributed by atoms with Gasteiger partial charge in [-0.25, -0.2) is 4.79 Å². The van der Waals surface area contributed by atoms with Crippen molar-refractivity contribution in [2.75, 3.05) is 6.61 Å². The minimum absolute atomic E-state index is 0.141. The largest absolute Gasteiger partial charge is 0.458 e. The molecule has 0 spiro atoms. The normalized spacial score (nSPS) is 38.5. The van der Waals surface area contributed by atoms with E-state index in [4.69, 9.17) is 23.7 Å². The Morgan fingerprint density at radius 2 is 1.61 bits per heavy atom. The van der Waals surface area contributed by atoms with Crippen LogP contribution in [0.3, 0.4) is 0 Å². The van der Waals surface area contributed by atoms with Crippen LogP contribution in [0.25, 0.3) is 0 Å². The highest BCUT2D eigenvalue weighted by molar-refractivity contribution is 5.89. The van der Waals surface area contributed by atoms with Gasteiger partial charge < -0.3 is 33.6 Å². The van der Waals surface area contributed by atoms with Gasteiger partial charge >= 0.3 is 23.9 Å². The average Bonchev–Trinajstić information content (AvgIpc) is 2.95. The molecular formula is C33H40O11. The van der Waals surface area contributed by atoms with E-state index in [1.54, 1.807) is 58.0 Å². The molecule has 11 nitrogen and oxygen atoms in total. The second kappa shape index (κ2) is 10.8. The van der Waals surface area contributed by atoms with Gasteiger partial charge in [-0.1, -0.05) is 39.0 Å². The Kier molecular flexibility index (Phi) is 7.82. The summed E-state index contributed by atoms with van der Waals surface area (Å²) in [6.07, 6.45) is -3.79. The fraction of sp³-hybridized carbons (Fsp3) is 0.606. The first-order valence-electron chi connectivity index (χ1n) is 14.9. The SMILES string of the molecule is CC(=O)O[C@H]1C[C@@]2(O)[C@@H](OC(=O)c3ccccc3)[C@@H]3[C@]4(OC(C)=O)CO[C@@H]4C[C@H](C)[C@@]3(C=O)[C@H](OC(C)=O)C(=C1C)C2(C)C. The topological polar surface area (TPSA) is 152 Å². The van der Waals surface area contributed by atoms with Crippen molar-refractivity contribution < 1.29 is 52.8 Å². The molecule has 1 aliphatic heterocycles. The van der Waals surface area contributed by atoms with Crippen molar-refractivity contribution in [3.8, 4) is 0 Å². The molecule has 5 rings (SSSR count). The molecule has 4 aliphatic rings. The molecule has 3 aliphatic carbocycles. The van der Waals surface area contributed by atoms with E-state index >= 15 is 0 Å². The number of hydrogen-bond donors (Lipinski definition) is 1.